The first kappa shape index (κ1) is 34.7. The minimum absolute atomic E-state index is 0.0117. The summed E-state index contributed by atoms with van der Waals surface area (Å²) in [5, 5.41) is 23.8. The van der Waals surface area contributed by atoms with E-state index in [1.165, 1.54) is 38.5 Å². The van der Waals surface area contributed by atoms with Gasteiger partial charge in [0.05, 0.1) is 68.5 Å². The van der Waals surface area contributed by atoms with Crippen molar-refractivity contribution in [1.82, 2.24) is 4.90 Å². The third-order valence-electron chi connectivity index (χ3n) is 16.7. The van der Waals surface area contributed by atoms with Gasteiger partial charge in [0.2, 0.25) is 0 Å². The Kier molecular flexibility index (Phi) is 8.21. The van der Waals surface area contributed by atoms with Gasteiger partial charge in [-0.15, -0.1) is 0 Å². The van der Waals surface area contributed by atoms with E-state index in [1.807, 2.05) is 27.7 Å². The number of fused-ring (bicyclic) bond motifs is 4. The molecular weight excluding hydrogens is 606 g/mol. The van der Waals surface area contributed by atoms with Crippen molar-refractivity contribution < 1.29 is 33.9 Å². The Hall–Kier alpha value is -0.320. The molecule has 8 fully saturated rings. The third-order valence-corrected chi connectivity index (χ3v) is 16.7. The first-order chi connectivity index (χ1) is 22.5. The van der Waals surface area contributed by atoms with Crippen molar-refractivity contribution in [1.29, 1.82) is 0 Å². The van der Waals surface area contributed by atoms with Crippen LogP contribution in [-0.2, 0) is 23.7 Å². The largest absolute Gasteiger partial charge is 0.390 e. The maximum atomic E-state index is 12.6. The van der Waals surface area contributed by atoms with E-state index in [9.17, 15) is 10.2 Å². The minimum atomic E-state index is -1.03. The number of rotatable bonds is 7. The Morgan fingerprint density at radius 3 is 2.33 bits per heavy atom. The van der Waals surface area contributed by atoms with Crippen LogP contribution < -0.4 is 0 Å². The molecule has 0 aromatic carbocycles. The van der Waals surface area contributed by atoms with Crippen molar-refractivity contribution >= 4 is 0 Å². The van der Waals surface area contributed by atoms with Crippen LogP contribution in [0.2, 0.25) is 0 Å². The summed E-state index contributed by atoms with van der Waals surface area (Å²) in [5.74, 6) is 1.83. The standard InChI is InChI=1S/C40H67NO7/c1-23(2)46-34(36(6,7)43)26-18-24(3)31-32(47-26)33(42)38(9)28-11-10-27-35(4,5)29(48-30-19-41(16-17-45-30)25-20-44-21-25)12-13-39(27)22-40(28,39)15-14-37(31,38)8/h23-34,42-43H,10-22H2,1-9H3/t24-,26?,27+,28?,29?,30+,31+,32?,33+,34+,37-,38-,39-,40+/m1/s1. The van der Waals surface area contributed by atoms with Gasteiger partial charge in [-0.1, -0.05) is 34.6 Å². The van der Waals surface area contributed by atoms with E-state index in [-0.39, 0.29) is 47.0 Å². The molecule has 5 saturated carbocycles. The molecule has 14 atom stereocenters. The van der Waals surface area contributed by atoms with Gasteiger partial charge >= 0.3 is 0 Å². The van der Waals surface area contributed by atoms with Crippen molar-refractivity contribution in [2.75, 3.05) is 32.9 Å². The summed E-state index contributed by atoms with van der Waals surface area (Å²) in [4.78, 5) is 2.51. The lowest BCUT2D eigenvalue weighted by molar-refractivity contribution is -0.256. The van der Waals surface area contributed by atoms with E-state index < -0.39 is 17.8 Å². The first-order valence-electron chi connectivity index (χ1n) is 19.8. The molecule has 0 aromatic rings. The molecule has 8 rings (SSSR count). The highest BCUT2D eigenvalue weighted by Gasteiger charge is 2.84. The lowest BCUT2D eigenvalue weighted by Gasteiger charge is -2.64. The average molecular weight is 674 g/mol. The van der Waals surface area contributed by atoms with E-state index >= 15 is 0 Å². The van der Waals surface area contributed by atoms with Crippen LogP contribution in [0, 0.1) is 50.7 Å². The van der Waals surface area contributed by atoms with Crippen LogP contribution in [0.25, 0.3) is 0 Å². The molecule has 0 radical (unpaired) electrons. The van der Waals surface area contributed by atoms with Crippen LogP contribution in [0.3, 0.4) is 0 Å². The van der Waals surface area contributed by atoms with Gasteiger partial charge < -0.3 is 33.9 Å². The van der Waals surface area contributed by atoms with Gasteiger partial charge in [-0.05, 0) is 124 Å². The maximum Gasteiger partial charge on any atom is 0.170 e. The molecule has 274 valence electrons. The van der Waals surface area contributed by atoms with Gasteiger partial charge in [0.15, 0.2) is 6.29 Å². The Bertz CT molecular complexity index is 1230. The van der Waals surface area contributed by atoms with E-state index in [2.05, 4.69) is 39.5 Å². The average Bonchev–Trinajstić information content (AvgIpc) is 3.61. The summed E-state index contributed by atoms with van der Waals surface area (Å²) in [6.45, 7) is 24.3. The quantitative estimate of drug-likeness (QED) is 0.351. The van der Waals surface area contributed by atoms with E-state index in [1.54, 1.807) is 0 Å². The molecule has 3 heterocycles. The van der Waals surface area contributed by atoms with Crippen molar-refractivity contribution in [3.05, 3.63) is 0 Å². The van der Waals surface area contributed by atoms with Crippen molar-refractivity contribution in [2.45, 2.75) is 168 Å². The smallest absolute Gasteiger partial charge is 0.170 e. The summed E-state index contributed by atoms with van der Waals surface area (Å²) in [6, 6.07) is 0.521. The van der Waals surface area contributed by atoms with Crippen molar-refractivity contribution in [2.24, 2.45) is 50.7 Å². The lowest BCUT2D eigenvalue weighted by atomic mass is 9.41. The first-order valence-corrected chi connectivity index (χ1v) is 19.8. The Morgan fingerprint density at radius 2 is 1.67 bits per heavy atom. The van der Waals surface area contributed by atoms with Gasteiger partial charge in [-0.25, -0.2) is 0 Å². The Balaban J connectivity index is 1.03. The van der Waals surface area contributed by atoms with Gasteiger partial charge in [0.1, 0.15) is 6.10 Å². The fourth-order valence-electron chi connectivity index (χ4n) is 14.4. The van der Waals surface area contributed by atoms with Gasteiger partial charge in [-0.2, -0.15) is 0 Å². The molecule has 8 nitrogen and oxygen atoms in total. The number of aliphatic hydroxyl groups excluding tert-OH is 1. The Labute approximate surface area is 290 Å². The van der Waals surface area contributed by atoms with Crippen LogP contribution in [-0.4, -0.2) is 103 Å². The highest BCUT2D eigenvalue weighted by atomic mass is 16.7. The number of hydrogen-bond acceptors (Lipinski definition) is 8. The van der Waals surface area contributed by atoms with Gasteiger partial charge in [-0.3, -0.25) is 4.90 Å². The fraction of sp³-hybridized carbons (Fsp3) is 1.00. The molecule has 0 aromatic heterocycles. The second-order valence-corrected chi connectivity index (χ2v) is 19.9. The molecular formula is C40H67NO7. The third kappa shape index (κ3) is 4.67. The molecule has 48 heavy (non-hydrogen) atoms. The van der Waals surface area contributed by atoms with E-state index in [4.69, 9.17) is 23.7 Å². The van der Waals surface area contributed by atoms with Crippen LogP contribution in [0.15, 0.2) is 0 Å². The summed E-state index contributed by atoms with van der Waals surface area (Å²) >= 11 is 0. The van der Waals surface area contributed by atoms with Crippen LogP contribution >= 0.6 is 0 Å². The highest BCUT2D eigenvalue weighted by molar-refractivity contribution is 5.33. The second kappa shape index (κ2) is 11.3. The molecule has 3 saturated heterocycles. The molecule has 8 aliphatic rings. The number of ether oxygens (including phenoxy) is 5. The van der Waals surface area contributed by atoms with Crippen LogP contribution in [0.4, 0.5) is 0 Å². The monoisotopic (exact) mass is 673 g/mol. The predicted octanol–water partition coefficient (Wildman–Crippen LogP) is 5.81. The van der Waals surface area contributed by atoms with E-state index in [0.29, 0.717) is 40.5 Å². The summed E-state index contributed by atoms with van der Waals surface area (Å²) in [5.41, 5.74) is -0.479. The SMILES string of the molecule is CC(C)O[C@@H](C1C[C@@H](C)[C@H]2C(O1)[C@H](O)[C@@]1(C)C3CC[C@H]4C(C)(C)C(O[C@H]5CN(C6COC6)CCO5)CC[C@@]45C[C@@]35CC[C@]21C)C(C)(C)O. The highest BCUT2D eigenvalue weighted by Crippen LogP contribution is 2.89. The Morgan fingerprint density at radius 1 is 0.958 bits per heavy atom. The second-order valence-electron chi connectivity index (χ2n) is 19.9. The van der Waals surface area contributed by atoms with Crippen molar-refractivity contribution in [3.8, 4) is 0 Å². The van der Waals surface area contributed by atoms with Crippen LogP contribution in [0.5, 0.6) is 0 Å². The maximum absolute atomic E-state index is 12.6. The number of morpholine rings is 1. The van der Waals surface area contributed by atoms with Gasteiger partial charge in [0, 0.05) is 12.0 Å². The van der Waals surface area contributed by atoms with E-state index in [0.717, 1.165) is 45.8 Å². The topological polar surface area (TPSA) is 89.9 Å². The number of nitrogens with zero attached hydrogens (tertiary/aromatic N) is 1. The van der Waals surface area contributed by atoms with Crippen LogP contribution in [0.1, 0.15) is 114 Å². The fourth-order valence-corrected chi connectivity index (χ4v) is 14.4. The molecule has 8 heteroatoms. The summed E-state index contributed by atoms with van der Waals surface area (Å²) in [6.07, 6.45) is 7.98. The molecule has 5 aliphatic carbocycles. The minimum Gasteiger partial charge on any atom is -0.390 e. The molecule has 0 amide bonds. The molecule has 4 unspecified atom stereocenters. The number of aliphatic hydroxyl groups is 2. The zero-order chi connectivity index (χ0) is 34.2. The normalized spacial score (nSPS) is 52.4. The van der Waals surface area contributed by atoms with Crippen molar-refractivity contribution in [3.63, 3.8) is 0 Å². The van der Waals surface area contributed by atoms with Gasteiger partial charge in [0.25, 0.3) is 0 Å². The molecule has 2 N–H and O–H groups in total. The molecule has 3 aliphatic heterocycles. The predicted molar refractivity (Wildman–Crippen MR) is 183 cm³/mol. The number of hydrogen-bond donors (Lipinski definition) is 2. The zero-order valence-corrected chi connectivity index (χ0v) is 31.5. The lowest BCUT2D eigenvalue weighted by Crippen LogP contribution is -2.60. The summed E-state index contributed by atoms with van der Waals surface area (Å²) < 4.78 is 32.0. The molecule has 2 spiro atoms. The summed E-state index contributed by atoms with van der Waals surface area (Å²) in [7, 11) is 0. The zero-order valence-electron chi connectivity index (χ0n) is 31.5. The molecule has 0 bridgehead atoms.